The normalized spacial score (nSPS) is 11.5. The highest BCUT2D eigenvalue weighted by molar-refractivity contribution is 6.34. The summed E-state index contributed by atoms with van der Waals surface area (Å²) in [6, 6.07) is 17.4. The molecule has 0 atom stereocenters. The Morgan fingerprint density at radius 2 is 1.61 bits per heavy atom. The fourth-order valence-corrected chi connectivity index (χ4v) is 5.18. The minimum Gasteiger partial charge on any atom is -0.355 e. The molecular formula is C28H24ClN7O2. The van der Waals surface area contributed by atoms with Gasteiger partial charge in [0.1, 0.15) is 5.69 Å². The first-order valence-electron chi connectivity index (χ1n) is 12.0. The summed E-state index contributed by atoms with van der Waals surface area (Å²) in [7, 11) is 7.05. The van der Waals surface area contributed by atoms with Crippen molar-refractivity contribution in [2.45, 2.75) is 0 Å². The molecule has 0 aliphatic carbocycles. The van der Waals surface area contributed by atoms with Gasteiger partial charge in [0, 0.05) is 33.9 Å². The van der Waals surface area contributed by atoms with Crippen molar-refractivity contribution < 1.29 is 4.79 Å². The number of aryl methyl sites for hydroxylation is 3. The number of hydrogen-bond acceptors (Lipinski definition) is 4. The van der Waals surface area contributed by atoms with E-state index in [0.717, 1.165) is 50.4 Å². The number of carbonyl (C=O) groups is 1. The lowest BCUT2D eigenvalue weighted by Crippen LogP contribution is -2.19. The van der Waals surface area contributed by atoms with Gasteiger partial charge in [0.05, 0.1) is 45.2 Å². The molecule has 6 aromatic rings. The van der Waals surface area contributed by atoms with Crippen LogP contribution in [-0.4, -0.2) is 41.2 Å². The van der Waals surface area contributed by atoms with Crippen LogP contribution in [0.1, 0.15) is 10.4 Å². The average Bonchev–Trinajstić information content (AvgIpc) is 3.58. The summed E-state index contributed by atoms with van der Waals surface area (Å²) in [5.74, 6) is 0.495. The maximum Gasteiger partial charge on any atom is 0.328 e. The summed E-state index contributed by atoms with van der Waals surface area (Å²) in [6.07, 6.45) is 3.53. The van der Waals surface area contributed by atoms with Crippen LogP contribution in [-0.2, 0) is 21.1 Å². The number of benzene rings is 3. The van der Waals surface area contributed by atoms with Crippen molar-refractivity contribution >= 4 is 39.6 Å². The van der Waals surface area contributed by atoms with Gasteiger partial charge >= 0.3 is 5.69 Å². The Balaban J connectivity index is 1.56. The lowest BCUT2D eigenvalue weighted by Gasteiger charge is -2.11. The van der Waals surface area contributed by atoms with Gasteiger partial charge in [0.15, 0.2) is 5.82 Å². The summed E-state index contributed by atoms with van der Waals surface area (Å²) < 4.78 is 7.29. The summed E-state index contributed by atoms with van der Waals surface area (Å²) in [5, 5.41) is 2.98. The largest absolute Gasteiger partial charge is 0.355 e. The smallest absolute Gasteiger partial charge is 0.328 e. The Morgan fingerprint density at radius 3 is 2.32 bits per heavy atom. The SMILES string of the molecule is CNC(=O)c1ccc(-c2ccc3c(c2)nc(-c2cncn2C)n3-c2ccc3c(c2)n(C)c(=O)n3C)cc1Cl. The van der Waals surface area contributed by atoms with Crippen LogP contribution in [0.5, 0.6) is 0 Å². The molecule has 0 aliphatic heterocycles. The zero-order valence-corrected chi connectivity index (χ0v) is 22.0. The van der Waals surface area contributed by atoms with E-state index in [-0.39, 0.29) is 11.6 Å². The molecule has 0 radical (unpaired) electrons. The number of fused-ring (bicyclic) bond motifs is 2. The van der Waals surface area contributed by atoms with Crippen molar-refractivity contribution in [1.82, 2.24) is 33.6 Å². The van der Waals surface area contributed by atoms with Gasteiger partial charge in [-0.15, -0.1) is 0 Å². The number of hydrogen-bond donors (Lipinski definition) is 1. The lowest BCUT2D eigenvalue weighted by atomic mass is 10.0. The quantitative estimate of drug-likeness (QED) is 0.371. The van der Waals surface area contributed by atoms with E-state index in [2.05, 4.69) is 14.9 Å². The van der Waals surface area contributed by atoms with Crippen molar-refractivity contribution in [3.05, 3.63) is 88.2 Å². The molecule has 3 aromatic heterocycles. The van der Waals surface area contributed by atoms with Crippen molar-refractivity contribution in [3.8, 4) is 28.3 Å². The van der Waals surface area contributed by atoms with Crippen LogP contribution < -0.4 is 11.0 Å². The van der Waals surface area contributed by atoms with E-state index in [1.165, 1.54) is 0 Å². The zero-order chi connectivity index (χ0) is 26.7. The predicted molar refractivity (Wildman–Crippen MR) is 149 cm³/mol. The second kappa shape index (κ2) is 8.74. The van der Waals surface area contributed by atoms with E-state index in [4.69, 9.17) is 16.6 Å². The molecule has 190 valence electrons. The highest BCUT2D eigenvalue weighted by Gasteiger charge is 2.19. The van der Waals surface area contributed by atoms with Crippen LogP contribution in [0.15, 0.2) is 71.9 Å². The molecule has 1 N–H and O–H groups in total. The van der Waals surface area contributed by atoms with E-state index in [0.29, 0.717) is 10.6 Å². The fourth-order valence-electron chi connectivity index (χ4n) is 4.91. The van der Waals surface area contributed by atoms with Gasteiger partial charge in [-0.2, -0.15) is 0 Å². The molecule has 0 spiro atoms. The van der Waals surface area contributed by atoms with Crippen molar-refractivity contribution in [2.24, 2.45) is 21.1 Å². The first kappa shape index (κ1) is 23.7. The molecule has 10 heteroatoms. The van der Waals surface area contributed by atoms with E-state index in [1.54, 1.807) is 54.9 Å². The monoisotopic (exact) mass is 525 g/mol. The number of nitrogens with one attached hydrogen (secondary N) is 1. The maximum atomic E-state index is 12.5. The van der Waals surface area contributed by atoms with Gasteiger partial charge in [0.25, 0.3) is 5.91 Å². The highest BCUT2D eigenvalue weighted by atomic mass is 35.5. The molecule has 0 fully saturated rings. The molecule has 0 aliphatic rings. The third-order valence-corrected chi connectivity index (χ3v) is 7.30. The Labute approximate surface area is 222 Å². The maximum absolute atomic E-state index is 12.5. The molecule has 0 saturated heterocycles. The van der Waals surface area contributed by atoms with Gasteiger partial charge < -0.3 is 9.88 Å². The van der Waals surface area contributed by atoms with E-state index >= 15 is 0 Å². The second-order valence-electron chi connectivity index (χ2n) is 9.21. The molecule has 0 bridgehead atoms. The molecule has 3 aromatic carbocycles. The number of carbonyl (C=O) groups excluding carboxylic acids is 1. The Bertz CT molecular complexity index is 1960. The van der Waals surface area contributed by atoms with Gasteiger partial charge in [0.2, 0.25) is 0 Å². The molecule has 3 heterocycles. The Morgan fingerprint density at radius 1 is 0.895 bits per heavy atom. The van der Waals surface area contributed by atoms with Gasteiger partial charge in [-0.3, -0.25) is 18.5 Å². The summed E-state index contributed by atoms with van der Waals surface area (Å²) >= 11 is 6.42. The molecule has 0 saturated carbocycles. The number of aromatic nitrogens is 6. The average molecular weight is 526 g/mol. The Hall–Kier alpha value is -4.63. The van der Waals surface area contributed by atoms with Crippen molar-refractivity contribution in [2.75, 3.05) is 7.05 Å². The fraction of sp³-hybridized carbons (Fsp3) is 0.143. The number of amides is 1. The minimum atomic E-state index is -0.232. The van der Waals surface area contributed by atoms with E-state index < -0.39 is 0 Å². The summed E-state index contributed by atoms with van der Waals surface area (Å²) in [4.78, 5) is 33.9. The molecule has 0 unspecified atom stereocenters. The summed E-state index contributed by atoms with van der Waals surface area (Å²) in [5.41, 5.74) is 7.24. The number of imidazole rings is 3. The van der Waals surface area contributed by atoms with Gasteiger partial charge in [-0.25, -0.2) is 14.8 Å². The van der Waals surface area contributed by atoms with Crippen LogP contribution in [0.25, 0.3) is 50.4 Å². The van der Waals surface area contributed by atoms with Gasteiger partial charge in [-0.1, -0.05) is 23.7 Å². The third-order valence-electron chi connectivity index (χ3n) is 6.99. The van der Waals surface area contributed by atoms with Crippen LogP contribution in [0.2, 0.25) is 5.02 Å². The molecule has 9 nitrogen and oxygen atoms in total. The summed E-state index contributed by atoms with van der Waals surface area (Å²) in [6.45, 7) is 0. The van der Waals surface area contributed by atoms with Crippen LogP contribution in [0.3, 0.4) is 0 Å². The van der Waals surface area contributed by atoms with Crippen molar-refractivity contribution in [3.63, 3.8) is 0 Å². The van der Waals surface area contributed by atoms with Crippen LogP contribution >= 0.6 is 11.6 Å². The predicted octanol–water partition coefficient (Wildman–Crippen LogP) is 4.30. The highest BCUT2D eigenvalue weighted by Crippen LogP contribution is 2.33. The standard InChI is InChI=1S/C28H24ClN7O2/c1-30-27(37)19-8-5-16(11-20(19)29)17-6-9-22-21(12-17)32-26(25-14-31-15-33(25)2)36(22)18-7-10-23-24(13-18)35(4)28(38)34(23)3/h5-15H,1-4H3,(H,30,37). The van der Waals surface area contributed by atoms with Crippen LogP contribution in [0, 0.1) is 0 Å². The Kier molecular flexibility index (Phi) is 5.46. The van der Waals surface area contributed by atoms with Gasteiger partial charge in [-0.05, 0) is 53.6 Å². The molecular weight excluding hydrogens is 502 g/mol. The molecule has 6 rings (SSSR count). The third kappa shape index (κ3) is 3.54. The number of rotatable bonds is 4. The van der Waals surface area contributed by atoms with E-state index in [1.807, 2.05) is 54.1 Å². The second-order valence-corrected chi connectivity index (χ2v) is 9.62. The van der Waals surface area contributed by atoms with Crippen molar-refractivity contribution in [1.29, 1.82) is 0 Å². The minimum absolute atomic E-state index is 0.0785. The zero-order valence-electron chi connectivity index (χ0n) is 21.2. The number of nitrogens with zero attached hydrogens (tertiary/aromatic N) is 6. The first-order valence-corrected chi connectivity index (χ1v) is 12.3. The topological polar surface area (TPSA) is 91.7 Å². The first-order chi connectivity index (χ1) is 18.3. The molecule has 38 heavy (non-hydrogen) atoms. The lowest BCUT2D eigenvalue weighted by molar-refractivity contribution is 0.0963. The number of halogens is 1. The van der Waals surface area contributed by atoms with E-state index in [9.17, 15) is 9.59 Å². The molecule has 1 amide bonds. The van der Waals surface area contributed by atoms with Crippen LogP contribution in [0.4, 0.5) is 0 Å².